The molecule has 2 aromatic rings. The molecule has 0 amide bonds. The highest BCUT2D eigenvalue weighted by Gasteiger charge is 2.22. The predicted octanol–water partition coefficient (Wildman–Crippen LogP) is 5.17. The van der Waals surface area contributed by atoms with Gasteiger partial charge in [0.05, 0.1) is 30.5 Å². The molecule has 1 atom stereocenters. The van der Waals surface area contributed by atoms with E-state index in [1.165, 1.54) is 4.88 Å². The number of hydrogen-bond donors (Lipinski definition) is 0. The van der Waals surface area contributed by atoms with Crippen LogP contribution in [0.1, 0.15) is 21.4 Å². The first kappa shape index (κ1) is 16.5. The van der Waals surface area contributed by atoms with Crippen LogP contribution in [-0.2, 0) is 0 Å². The Morgan fingerprint density at radius 1 is 0.952 bits per heavy atom. The van der Waals surface area contributed by atoms with Gasteiger partial charge in [0.1, 0.15) is 5.75 Å². The number of hydrogen-bond acceptors (Lipinski definition) is 4. The normalized spacial score (nSPS) is 12.1. The highest BCUT2D eigenvalue weighted by atomic mass is 79.9. The summed E-state index contributed by atoms with van der Waals surface area (Å²) in [5.74, 6) is 1.92. The minimum atomic E-state index is -0.317. The van der Waals surface area contributed by atoms with Crippen molar-refractivity contribution in [2.75, 3.05) is 21.3 Å². The zero-order chi connectivity index (χ0) is 15.6. The summed E-state index contributed by atoms with van der Waals surface area (Å²) in [6.45, 7) is 2.05. The lowest BCUT2D eigenvalue weighted by Gasteiger charge is -2.17. The van der Waals surface area contributed by atoms with E-state index < -0.39 is 0 Å². The van der Waals surface area contributed by atoms with Gasteiger partial charge in [-0.05, 0) is 40.5 Å². The third kappa shape index (κ3) is 3.30. The van der Waals surface area contributed by atoms with Gasteiger partial charge in [-0.3, -0.25) is 0 Å². The van der Waals surface area contributed by atoms with E-state index in [0.717, 1.165) is 14.9 Å². The summed E-state index contributed by atoms with van der Waals surface area (Å²) < 4.78 is 17.1. The van der Waals surface area contributed by atoms with Crippen LogP contribution in [-0.4, -0.2) is 21.3 Å². The number of aryl methyl sites for hydroxylation is 1. The number of thiophene rings is 1. The van der Waals surface area contributed by atoms with Gasteiger partial charge in [-0.2, -0.15) is 0 Å². The van der Waals surface area contributed by atoms with Crippen LogP contribution in [0, 0.1) is 6.92 Å². The van der Waals surface area contributed by atoms with Crippen molar-refractivity contribution in [1.82, 2.24) is 0 Å². The van der Waals surface area contributed by atoms with Gasteiger partial charge in [0.15, 0.2) is 11.5 Å². The van der Waals surface area contributed by atoms with Crippen LogP contribution in [0.3, 0.4) is 0 Å². The molecule has 0 saturated heterocycles. The Bertz CT molecular complexity index is 642. The maximum absolute atomic E-state index is 6.67. The molecule has 2 rings (SSSR count). The maximum atomic E-state index is 6.67. The highest BCUT2D eigenvalue weighted by molar-refractivity contribution is 9.11. The quantitative estimate of drug-likeness (QED) is 0.658. The molecule has 0 aliphatic rings. The average Bonchev–Trinajstić information content (AvgIpc) is 2.83. The first-order chi connectivity index (χ1) is 10.0. The van der Waals surface area contributed by atoms with E-state index >= 15 is 0 Å². The van der Waals surface area contributed by atoms with Crippen LogP contribution >= 0.6 is 38.9 Å². The van der Waals surface area contributed by atoms with E-state index in [0.29, 0.717) is 17.2 Å². The molecule has 0 aliphatic carbocycles. The molecule has 1 aromatic heterocycles. The van der Waals surface area contributed by atoms with Gasteiger partial charge in [-0.1, -0.05) is 0 Å². The topological polar surface area (TPSA) is 27.7 Å². The summed E-state index contributed by atoms with van der Waals surface area (Å²) in [5.41, 5.74) is 1.91. The lowest BCUT2D eigenvalue weighted by molar-refractivity contribution is 0.347. The highest BCUT2D eigenvalue weighted by Crippen LogP contribution is 2.44. The van der Waals surface area contributed by atoms with Crippen molar-refractivity contribution in [2.45, 2.75) is 12.3 Å². The molecule has 3 nitrogen and oxygen atoms in total. The Morgan fingerprint density at radius 2 is 1.52 bits per heavy atom. The van der Waals surface area contributed by atoms with Gasteiger partial charge in [-0.15, -0.1) is 22.9 Å². The molecule has 1 heterocycles. The molecule has 0 fully saturated rings. The van der Waals surface area contributed by atoms with Gasteiger partial charge in [0.25, 0.3) is 0 Å². The van der Waals surface area contributed by atoms with Gasteiger partial charge < -0.3 is 14.2 Å². The third-order valence-corrected chi connectivity index (χ3v) is 5.25. The van der Waals surface area contributed by atoms with E-state index in [-0.39, 0.29) is 5.38 Å². The Kier molecular flexibility index (Phi) is 5.41. The predicted molar refractivity (Wildman–Crippen MR) is 90.6 cm³/mol. The van der Waals surface area contributed by atoms with Gasteiger partial charge >= 0.3 is 0 Å². The number of halogens is 2. The lowest BCUT2D eigenvalue weighted by atomic mass is 10.0. The number of methoxy groups -OCH3 is 3. The van der Waals surface area contributed by atoms with E-state index in [1.807, 2.05) is 19.1 Å². The van der Waals surface area contributed by atoms with E-state index in [4.69, 9.17) is 25.8 Å². The van der Waals surface area contributed by atoms with Gasteiger partial charge in [-0.25, -0.2) is 0 Å². The van der Waals surface area contributed by atoms with Crippen molar-refractivity contribution in [3.8, 4) is 17.2 Å². The maximum Gasteiger partial charge on any atom is 0.164 e. The Hall–Kier alpha value is -0.910. The first-order valence-electron chi connectivity index (χ1n) is 6.21. The zero-order valence-electron chi connectivity index (χ0n) is 12.2. The zero-order valence-corrected chi connectivity index (χ0v) is 15.4. The van der Waals surface area contributed by atoms with Crippen molar-refractivity contribution in [2.24, 2.45) is 0 Å². The molecule has 114 valence electrons. The second-order valence-corrected chi connectivity index (χ2v) is 7.45. The summed E-state index contributed by atoms with van der Waals surface area (Å²) in [6, 6.07) is 5.69. The molecular weight excluding hydrogens is 376 g/mol. The molecule has 0 bridgehead atoms. The van der Waals surface area contributed by atoms with Crippen molar-refractivity contribution >= 4 is 38.9 Å². The SMILES string of the molecule is COc1cc(OC)c(C(Cl)c2cc(Br)sc2C)cc1OC. The molecule has 1 aromatic carbocycles. The monoisotopic (exact) mass is 390 g/mol. The second-order valence-electron chi connectivity index (χ2n) is 4.37. The van der Waals surface area contributed by atoms with E-state index in [2.05, 4.69) is 15.9 Å². The molecule has 0 radical (unpaired) electrons. The largest absolute Gasteiger partial charge is 0.496 e. The molecule has 6 heteroatoms. The lowest BCUT2D eigenvalue weighted by Crippen LogP contribution is -2.00. The second kappa shape index (κ2) is 6.90. The number of rotatable bonds is 5. The Balaban J connectivity index is 2.53. The molecule has 0 N–H and O–H groups in total. The fraction of sp³-hybridized carbons (Fsp3) is 0.333. The standard InChI is InChI=1S/C15H16BrClO3S/c1-8-9(6-14(16)21-8)15(17)10-5-12(19-3)13(20-4)7-11(10)18-2/h5-7,15H,1-4H3. The summed E-state index contributed by atoms with van der Waals surface area (Å²) in [5, 5.41) is -0.317. The summed E-state index contributed by atoms with van der Waals surface area (Å²) in [6.07, 6.45) is 0. The van der Waals surface area contributed by atoms with Gasteiger partial charge in [0.2, 0.25) is 0 Å². The van der Waals surface area contributed by atoms with Crippen LogP contribution in [0.25, 0.3) is 0 Å². The average molecular weight is 392 g/mol. The van der Waals surface area contributed by atoms with Crippen molar-refractivity contribution in [1.29, 1.82) is 0 Å². The van der Waals surface area contributed by atoms with E-state index in [1.54, 1.807) is 38.7 Å². The van der Waals surface area contributed by atoms with Crippen LogP contribution in [0.5, 0.6) is 17.2 Å². The fourth-order valence-corrected chi connectivity index (χ4v) is 4.34. The Morgan fingerprint density at radius 3 is 2.00 bits per heavy atom. The first-order valence-corrected chi connectivity index (χ1v) is 8.26. The van der Waals surface area contributed by atoms with Crippen LogP contribution in [0.15, 0.2) is 22.0 Å². The van der Waals surface area contributed by atoms with Crippen LogP contribution in [0.4, 0.5) is 0 Å². The molecule has 1 unspecified atom stereocenters. The van der Waals surface area contributed by atoms with Crippen LogP contribution < -0.4 is 14.2 Å². The third-order valence-electron chi connectivity index (χ3n) is 3.21. The van der Waals surface area contributed by atoms with Crippen molar-refractivity contribution in [3.05, 3.63) is 38.0 Å². The Labute approximate surface area is 141 Å². The molecule has 0 aliphatic heterocycles. The molecular formula is C15H16BrClO3S. The molecule has 0 saturated carbocycles. The fourth-order valence-electron chi connectivity index (χ4n) is 2.13. The van der Waals surface area contributed by atoms with Crippen LogP contribution in [0.2, 0.25) is 0 Å². The number of benzene rings is 1. The minimum Gasteiger partial charge on any atom is -0.496 e. The van der Waals surface area contributed by atoms with Crippen molar-refractivity contribution < 1.29 is 14.2 Å². The molecule has 0 spiro atoms. The summed E-state index contributed by atoms with van der Waals surface area (Å²) >= 11 is 11.8. The smallest absolute Gasteiger partial charge is 0.164 e. The number of alkyl halides is 1. The van der Waals surface area contributed by atoms with Gasteiger partial charge in [0, 0.05) is 16.5 Å². The number of ether oxygens (including phenoxy) is 3. The van der Waals surface area contributed by atoms with Crippen molar-refractivity contribution in [3.63, 3.8) is 0 Å². The summed E-state index contributed by atoms with van der Waals surface area (Å²) in [4.78, 5) is 1.17. The summed E-state index contributed by atoms with van der Waals surface area (Å²) in [7, 11) is 4.81. The molecule has 21 heavy (non-hydrogen) atoms. The minimum absolute atomic E-state index is 0.317. The van der Waals surface area contributed by atoms with E-state index in [9.17, 15) is 0 Å².